The molecular weight excluding hydrogens is 309 g/mol. The third kappa shape index (κ3) is 2.28. The lowest BCUT2D eigenvalue weighted by atomic mass is 9.72. The van der Waals surface area contributed by atoms with Gasteiger partial charge in [0.05, 0.1) is 0 Å². The van der Waals surface area contributed by atoms with Crippen LogP contribution in [-0.2, 0) is 6.42 Å². The van der Waals surface area contributed by atoms with Crippen LogP contribution in [0.25, 0.3) is 0 Å². The summed E-state index contributed by atoms with van der Waals surface area (Å²) in [6.45, 7) is 4.62. The first-order valence-electron chi connectivity index (χ1n) is 5.96. The summed E-state index contributed by atoms with van der Waals surface area (Å²) in [6.07, 6.45) is 4.70. The van der Waals surface area contributed by atoms with Gasteiger partial charge in [0.25, 0.3) is 0 Å². The van der Waals surface area contributed by atoms with Crippen LogP contribution in [0.15, 0.2) is 24.3 Å². The second-order valence-corrected chi connectivity index (χ2v) is 6.94. The topological polar surface area (TPSA) is 26.0 Å². The van der Waals surface area contributed by atoms with Gasteiger partial charge in [-0.2, -0.15) is 0 Å². The van der Waals surface area contributed by atoms with Gasteiger partial charge in [0.15, 0.2) is 0 Å². The molecule has 0 aromatic heterocycles. The van der Waals surface area contributed by atoms with Gasteiger partial charge in [-0.25, -0.2) is 0 Å². The Labute approximate surface area is 112 Å². The van der Waals surface area contributed by atoms with Crippen molar-refractivity contribution in [3.63, 3.8) is 0 Å². The number of rotatable bonds is 2. The van der Waals surface area contributed by atoms with Gasteiger partial charge in [0.1, 0.15) is 0 Å². The van der Waals surface area contributed by atoms with Crippen LogP contribution < -0.4 is 5.73 Å². The summed E-state index contributed by atoms with van der Waals surface area (Å²) in [5.74, 6) is 0. The summed E-state index contributed by atoms with van der Waals surface area (Å²) in [6, 6.07) is 8.76. The zero-order chi connectivity index (χ0) is 11.8. The van der Waals surface area contributed by atoms with Crippen LogP contribution in [-0.4, -0.2) is 5.54 Å². The van der Waals surface area contributed by atoms with E-state index in [0.29, 0.717) is 0 Å². The van der Waals surface area contributed by atoms with Gasteiger partial charge in [-0.3, -0.25) is 0 Å². The minimum absolute atomic E-state index is 0.0141. The van der Waals surface area contributed by atoms with Gasteiger partial charge >= 0.3 is 0 Å². The SMILES string of the molecule is CC1(C)CCCC1(N)Cc1ccc(I)cc1. The molecule has 0 saturated heterocycles. The highest BCUT2D eigenvalue weighted by Crippen LogP contribution is 2.45. The van der Waals surface area contributed by atoms with E-state index in [1.165, 1.54) is 22.0 Å². The molecule has 1 fully saturated rings. The van der Waals surface area contributed by atoms with Crippen molar-refractivity contribution in [1.82, 2.24) is 0 Å². The third-order valence-electron chi connectivity index (χ3n) is 4.21. The predicted molar refractivity (Wildman–Crippen MR) is 77.4 cm³/mol. The Morgan fingerprint density at radius 1 is 1.19 bits per heavy atom. The minimum Gasteiger partial charge on any atom is -0.324 e. The highest BCUT2D eigenvalue weighted by atomic mass is 127. The summed E-state index contributed by atoms with van der Waals surface area (Å²) in [7, 11) is 0. The van der Waals surface area contributed by atoms with E-state index >= 15 is 0 Å². The molecule has 2 N–H and O–H groups in total. The van der Waals surface area contributed by atoms with Crippen molar-refractivity contribution in [2.75, 3.05) is 0 Å². The Morgan fingerprint density at radius 2 is 1.81 bits per heavy atom. The summed E-state index contributed by atoms with van der Waals surface area (Å²) in [5.41, 5.74) is 8.24. The van der Waals surface area contributed by atoms with Crippen molar-refractivity contribution in [3.8, 4) is 0 Å². The summed E-state index contributed by atoms with van der Waals surface area (Å²) < 4.78 is 1.29. The second-order valence-electron chi connectivity index (χ2n) is 5.70. The second kappa shape index (κ2) is 4.30. The molecule has 0 heterocycles. The molecule has 88 valence electrons. The first-order chi connectivity index (χ1) is 7.43. The van der Waals surface area contributed by atoms with Crippen molar-refractivity contribution >= 4 is 22.6 Å². The minimum atomic E-state index is -0.0141. The van der Waals surface area contributed by atoms with E-state index < -0.39 is 0 Å². The van der Waals surface area contributed by atoms with Crippen molar-refractivity contribution in [2.24, 2.45) is 11.1 Å². The zero-order valence-electron chi connectivity index (χ0n) is 10.1. The van der Waals surface area contributed by atoms with Crippen LogP contribution in [0.3, 0.4) is 0 Å². The maximum Gasteiger partial charge on any atom is 0.0246 e. The lowest BCUT2D eigenvalue weighted by molar-refractivity contribution is 0.207. The molecule has 1 aliphatic rings. The maximum absolute atomic E-state index is 6.61. The number of hydrogen-bond donors (Lipinski definition) is 1. The molecule has 0 aliphatic heterocycles. The molecule has 16 heavy (non-hydrogen) atoms. The third-order valence-corrected chi connectivity index (χ3v) is 4.92. The maximum atomic E-state index is 6.61. The van der Waals surface area contributed by atoms with Crippen molar-refractivity contribution in [2.45, 2.75) is 45.1 Å². The molecular formula is C14H20IN. The van der Waals surface area contributed by atoms with E-state index in [0.717, 1.165) is 12.8 Å². The first kappa shape index (κ1) is 12.4. The Bertz CT molecular complexity index is 369. The van der Waals surface area contributed by atoms with Gasteiger partial charge in [-0.05, 0) is 65.0 Å². The largest absolute Gasteiger partial charge is 0.324 e. The molecule has 0 radical (unpaired) electrons. The molecule has 0 spiro atoms. The fourth-order valence-electron chi connectivity index (χ4n) is 2.73. The van der Waals surface area contributed by atoms with E-state index in [1.54, 1.807) is 0 Å². The number of nitrogens with two attached hydrogens (primary N) is 1. The van der Waals surface area contributed by atoms with Crippen molar-refractivity contribution in [3.05, 3.63) is 33.4 Å². The molecule has 2 heteroatoms. The summed E-state index contributed by atoms with van der Waals surface area (Å²) in [4.78, 5) is 0. The van der Waals surface area contributed by atoms with Gasteiger partial charge in [-0.1, -0.05) is 32.4 Å². The molecule has 0 amide bonds. The predicted octanol–water partition coefficient (Wildman–Crippen LogP) is 3.74. The van der Waals surface area contributed by atoms with Crippen LogP contribution in [0.1, 0.15) is 38.7 Å². The Kier molecular flexibility index (Phi) is 3.32. The van der Waals surface area contributed by atoms with E-state index in [1.807, 2.05) is 0 Å². The molecule has 2 rings (SSSR count). The van der Waals surface area contributed by atoms with Crippen LogP contribution in [0, 0.1) is 8.99 Å². The Balaban J connectivity index is 2.18. The Morgan fingerprint density at radius 3 is 2.31 bits per heavy atom. The summed E-state index contributed by atoms with van der Waals surface area (Å²) in [5, 5.41) is 0. The van der Waals surface area contributed by atoms with E-state index in [2.05, 4.69) is 60.7 Å². The van der Waals surface area contributed by atoms with Crippen LogP contribution >= 0.6 is 22.6 Å². The molecule has 1 aromatic carbocycles. The van der Waals surface area contributed by atoms with E-state index in [4.69, 9.17) is 5.73 Å². The average Bonchev–Trinajstić information content (AvgIpc) is 2.45. The van der Waals surface area contributed by atoms with Crippen LogP contribution in [0.4, 0.5) is 0 Å². The lowest BCUT2D eigenvalue weighted by Gasteiger charge is -2.38. The highest BCUT2D eigenvalue weighted by Gasteiger charge is 2.45. The van der Waals surface area contributed by atoms with Crippen molar-refractivity contribution in [1.29, 1.82) is 0 Å². The van der Waals surface area contributed by atoms with Crippen LogP contribution in [0.2, 0.25) is 0 Å². The fourth-order valence-corrected chi connectivity index (χ4v) is 3.09. The smallest absolute Gasteiger partial charge is 0.0246 e. The van der Waals surface area contributed by atoms with Gasteiger partial charge in [-0.15, -0.1) is 0 Å². The average molecular weight is 329 g/mol. The Hall–Kier alpha value is -0.0900. The number of benzene rings is 1. The zero-order valence-corrected chi connectivity index (χ0v) is 12.3. The molecule has 0 bridgehead atoms. The molecule has 1 nitrogen and oxygen atoms in total. The molecule has 1 aliphatic carbocycles. The normalized spacial score (nSPS) is 28.2. The van der Waals surface area contributed by atoms with Gasteiger partial charge in [0, 0.05) is 9.11 Å². The lowest BCUT2D eigenvalue weighted by Crippen LogP contribution is -2.50. The summed E-state index contributed by atoms with van der Waals surface area (Å²) >= 11 is 2.34. The number of hydrogen-bond acceptors (Lipinski definition) is 1. The fraction of sp³-hybridized carbons (Fsp3) is 0.571. The highest BCUT2D eigenvalue weighted by molar-refractivity contribution is 14.1. The molecule has 1 saturated carbocycles. The van der Waals surface area contributed by atoms with E-state index in [9.17, 15) is 0 Å². The molecule has 1 aromatic rings. The quantitative estimate of drug-likeness (QED) is 0.822. The van der Waals surface area contributed by atoms with Crippen molar-refractivity contribution < 1.29 is 0 Å². The molecule has 1 unspecified atom stereocenters. The van der Waals surface area contributed by atoms with Crippen LogP contribution in [0.5, 0.6) is 0 Å². The number of halogens is 1. The monoisotopic (exact) mass is 329 g/mol. The standard InChI is InChI=1S/C14H20IN/c1-13(2)8-3-9-14(13,16)10-11-4-6-12(15)7-5-11/h4-7H,3,8-10,16H2,1-2H3. The van der Waals surface area contributed by atoms with Gasteiger partial charge in [0.2, 0.25) is 0 Å². The van der Waals surface area contributed by atoms with E-state index in [-0.39, 0.29) is 11.0 Å². The first-order valence-corrected chi connectivity index (χ1v) is 7.04. The van der Waals surface area contributed by atoms with Gasteiger partial charge < -0.3 is 5.73 Å². The molecule has 1 atom stereocenters.